The molecule has 0 bridgehead atoms. The highest BCUT2D eigenvalue weighted by molar-refractivity contribution is 5.95. The number of primary amides is 1. The molecule has 23 heavy (non-hydrogen) atoms. The molecule has 0 radical (unpaired) electrons. The van der Waals surface area contributed by atoms with Crippen LogP contribution in [0.25, 0.3) is 0 Å². The number of carbonyl (C=O) groups excluding carboxylic acids is 2. The largest absolute Gasteiger partial charge is 0.457 e. The molecule has 0 aliphatic carbocycles. The molecule has 0 saturated heterocycles. The van der Waals surface area contributed by atoms with Gasteiger partial charge in [-0.15, -0.1) is 0 Å². The number of hydrogen-bond donors (Lipinski definition) is 1. The van der Waals surface area contributed by atoms with Crippen molar-refractivity contribution in [2.45, 2.75) is 32.8 Å². The maximum atomic E-state index is 12.0. The van der Waals surface area contributed by atoms with Gasteiger partial charge in [-0.25, -0.2) is 4.79 Å². The molecule has 0 fully saturated rings. The van der Waals surface area contributed by atoms with Gasteiger partial charge in [-0.05, 0) is 40.8 Å². The molecule has 1 amide bonds. The summed E-state index contributed by atoms with van der Waals surface area (Å²) in [5, 5.41) is 0. The zero-order chi connectivity index (χ0) is 17.0. The number of esters is 1. The third-order valence-electron chi connectivity index (χ3n) is 3.60. The monoisotopic (exact) mass is 311 g/mol. The first-order valence-electron chi connectivity index (χ1n) is 7.44. The maximum Gasteiger partial charge on any atom is 0.338 e. The van der Waals surface area contributed by atoms with E-state index in [0.717, 1.165) is 5.56 Å². The highest BCUT2D eigenvalue weighted by atomic mass is 16.5. The van der Waals surface area contributed by atoms with E-state index in [0.29, 0.717) is 11.1 Å². The first-order chi connectivity index (χ1) is 10.8. The molecular weight excluding hydrogens is 290 g/mol. The predicted molar refractivity (Wildman–Crippen MR) is 89.2 cm³/mol. The van der Waals surface area contributed by atoms with Crippen molar-refractivity contribution in [1.29, 1.82) is 0 Å². The fourth-order valence-electron chi connectivity index (χ4n) is 2.10. The molecule has 0 aliphatic heterocycles. The summed E-state index contributed by atoms with van der Waals surface area (Å²) in [6.07, 6.45) is 0. The highest BCUT2D eigenvalue weighted by Gasteiger charge is 2.13. The summed E-state index contributed by atoms with van der Waals surface area (Å²) < 4.78 is 5.28. The molecule has 2 aromatic carbocycles. The molecule has 2 rings (SSSR count). The third kappa shape index (κ3) is 4.42. The Morgan fingerprint density at radius 2 is 1.43 bits per heavy atom. The Hall–Kier alpha value is -2.62. The Balaban J connectivity index is 1.97. The molecule has 0 heterocycles. The van der Waals surface area contributed by atoms with Crippen LogP contribution in [-0.2, 0) is 16.8 Å². The molecule has 0 unspecified atom stereocenters. The van der Waals surface area contributed by atoms with Crippen molar-refractivity contribution in [1.82, 2.24) is 0 Å². The van der Waals surface area contributed by atoms with Crippen molar-refractivity contribution in [3.63, 3.8) is 0 Å². The van der Waals surface area contributed by atoms with Crippen molar-refractivity contribution in [2.75, 3.05) is 0 Å². The lowest BCUT2D eigenvalue weighted by molar-refractivity contribution is 0.0472. The van der Waals surface area contributed by atoms with Gasteiger partial charge in [-0.1, -0.05) is 45.0 Å². The van der Waals surface area contributed by atoms with Crippen LogP contribution in [0.5, 0.6) is 0 Å². The molecule has 0 saturated carbocycles. The summed E-state index contributed by atoms with van der Waals surface area (Å²) in [7, 11) is 0. The van der Waals surface area contributed by atoms with Crippen LogP contribution in [0, 0.1) is 0 Å². The molecule has 0 atom stereocenters. The standard InChI is InChI=1S/C19H21NO3/c1-19(2,3)16-10-4-13(5-11-16)12-23-18(22)15-8-6-14(7-9-15)17(20)21/h4-11H,12H2,1-3H3,(H2,20,21). The summed E-state index contributed by atoms with van der Waals surface area (Å²) in [4.78, 5) is 23.0. The summed E-state index contributed by atoms with van der Waals surface area (Å²) in [5.74, 6) is -0.954. The van der Waals surface area contributed by atoms with Gasteiger partial charge in [-0.3, -0.25) is 4.79 Å². The van der Waals surface area contributed by atoms with Gasteiger partial charge in [0, 0.05) is 5.56 Å². The number of nitrogens with two attached hydrogens (primary N) is 1. The van der Waals surface area contributed by atoms with Crippen LogP contribution in [0.15, 0.2) is 48.5 Å². The van der Waals surface area contributed by atoms with Crippen LogP contribution in [0.4, 0.5) is 0 Å². The Morgan fingerprint density at radius 3 is 1.91 bits per heavy atom. The smallest absolute Gasteiger partial charge is 0.338 e. The van der Waals surface area contributed by atoms with Crippen molar-refractivity contribution >= 4 is 11.9 Å². The fourth-order valence-corrected chi connectivity index (χ4v) is 2.10. The van der Waals surface area contributed by atoms with E-state index in [1.165, 1.54) is 29.8 Å². The molecule has 0 aromatic heterocycles. The van der Waals surface area contributed by atoms with Gasteiger partial charge in [0.15, 0.2) is 0 Å². The number of amides is 1. The molecule has 0 spiro atoms. The first kappa shape index (κ1) is 16.7. The van der Waals surface area contributed by atoms with Crippen LogP contribution < -0.4 is 5.73 Å². The Bertz CT molecular complexity index is 695. The van der Waals surface area contributed by atoms with Crippen molar-refractivity contribution in [3.8, 4) is 0 Å². The Labute approximate surface area is 136 Å². The lowest BCUT2D eigenvalue weighted by Crippen LogP contribution is -2.12. The van der Waals surface area contributed by atoms with Gasteiger partial charge in [0.25, 0.3) is 0 Å². The molecule has 120 valence electrons. The second-order valence-corrected chi connectivity index (χ2v) is 6.46. The van der Waals surface area contributed by atoms with Gasteiger partial charge in [-0.2, -0.15) is 0 Å². The summed E-state index contributed by atoms with van der Waals surface area (Å²) in [6, 6.07) is 14.1. The van der Waals surface area contributed by atoms with E-state index in [1.54, 1.807) is 0 Å². The van der Waals surface area contributed by atoms with E-state index >= 15 is 0 Å². The van der Waals surface area contributed by atoms with Crippen LogP contribution in [0.3, 0.4) is 0 Å². The van der Waals surface area contributed by atoms with Gasteiger partial charge in [0.2, 0.25) is 5.91 Å². The average Bonchev–Trinajstić information content (AvgIpc) is 2.52. The van der Waals surface area contributed by atoms with Crippen molar-refractivity contribution in [2.24, 2.45) is 5.73 Å². The molecule has 2 aromatic rings. The Morgan fingerprint density at radius 1 is 0.913 bits per heavy atom. The summed E-state index contributed by atoms with van der Waals surface area (Å²) >= 11 is 0. The quantitative estimate of drug-likeness (QED) is 0.879. The summed E-state index contributed by atoms with van der Waals surface area (Å²) in [6.45, 7) is 6.66. The van der Waals surface area contributed by atoms with E-state index in [9.17, 15) is 9.59 Å². The number of rotatable bonds is 4. The van der Waals surface area contributed by atoms with Gasteiger partial charge >= 0.3 is 5.97 Å². The van der Waals surface area contributed by atoms with Crippen LogP contribution in [-0.4, -0.2) is 11.9 Å². The number of carbonyl (C=O) groups is 2. The van der Waals surface area contributed by atoms with E-state index < -0.39 is 11.9 Å². The van der Waals surface area contributed by atoms with Gasteiger partial charge in [0.05, 0.1) is 5.56 Å². The normalized spacial score (nSPS) is 11.1. The van der Waals surface area contributed by atoms with Crippen molar-refractivity contribution in [3.05, 3.63) is 70.8 Å². The lowest BCUT2D eigenvalue weighted by atomic mass is 9.87. The van der Waals surface area contributed by atoms with E-state index in [-0.39, 0.29) is 12.0 Å². The highest BCUT2D eigenvalue weighted by Crippen LogP contribution is 2.22. The average molecular weight is 311 g/mol. The van der Waals surface area contributed by atoms with Crippen LogP contribution in [0.1, 0.15) is 52.6 Å². The number of ether oxygens (including phenoxy) is 1. The molecule has 0 aliphatic rings. The first-order valence-corrected chi connectivity index (χ1v) is 7.44. The van der Waals surface area contributed by atoms with Gasteiger partial charge in [0.1, 0.15) is 6.61 Å². The third-order valence-corrected chi connectivity index (χ3v) is 3.60. The lowest BCUT2D eigenvalue weighted by Gasteiger charge is -2.19. The van der Waals surface area contributed by atoms with E-state index in [4.69, 9.17) is 10.5 Å². The van der Waals surface area contributed by atoms with Crippen LogP contribution >= 0.6 is 0 Å². The number of hydrogen-bond acceptors (Lipinski definition) is 3. The second-order valence-electron chi connectivity index (χ2n) is 6.46. The maximum absolute atomic E-state index is 12.0. The fraction of sp³-hybridized carbons (Fsp3) is 0.263. The minimum Gasteiger partial charge on any atom is -0.457 e. The molecule has 4 heteroatoms. The molecule has 4 nitrogen and oxygen atoms in total. The Kier molecular flexibility index (Phi) is 4.84. The zero-order valence-electron chi connectivity index (χ0n) is 13.6. The topological polar surface area (TPSA) is 69.4 Å². The summed E-state index contributed by atoms with van der Waals surface area (Å²) in [5.41, 5.74) is 8.17. The SMILES string of the molecule is CC(C)(C)c1ccc(COC(=O)c2ccc(C(N)=O)cc2)cc1. The predicted octanol–water partition coefficient (Wildman–Crippen LogP) is 3.44. The van der Waals surface area contributed by atoms with E-state index in [2.05, 4.69) is 20.8 Å². The second kappa shape index (κ2) is 6.65. The minimum absolute atomic E-state index is 0.0946. The van der Waals surface area contributed by atoms with E-state index in [1.807, 2.05) is 24.3 Å². The molecular formula is C19H21NO3. The minimum atomic E-state index is -0.524. The molecule has 2 N–H and O–H groups in total. The zero-order valence-corrected chi connectivity index (χ0v) is 13.6. The number of benzene rings is 2. The van der Waals surface area contributed by atoms with Crippen LogP contribution in [0.2, 0.25) is 0 Å². The van der Waals surface area contributed by atoms with Gasteiger partial charge < -0.3 is 10.5 Å². The van der Waals surface area contributed by atoms with Crippen molar-refractivity contribution < 1.29 is 14.3 Å².